The van der Waals surface area contributed by atoms with Gasteiger partial charge in [-0.2, -0.15) is 0 Å². The number of aromatic nitrogens is 2. The number of hydrogen-bond donors (Lipinski definition) is 2. The first-order chi connectivity index (χ1) is 10.6. The summed E-state index contributed by atoms with van der Waals surface area (Å²) in [5.41, 5.74) is 1.88. The minimum atomic E-state index is -1.04. The van der Waals surface area contributed by atoms with Crippen molar-refractivity contribution in [2.24, 2.45) is 0 Å². The fourth-order valence-corrected chi connectivity index (χ4v) is 2.62. The first-order valence-electron chi connectivity index (χ1n) is 7.20. The molecule has 1 aliphatic heterocycles. The molecule has 114 valence electrons. The maximum atomic E-state index is 12.2. The molecular formula is C16H17N3O3. The number of hydrogen-bond acceptors (Lipinski definition) is 4. The Morgan fingerprint density at radius 3 is 2.77 bits per heavy atom. The van der Waals surface area contributed by atoms with Gasteiger partial charge in [-0.25, -0.2) is 4.98 Å². The minimum absolute atomic E-state index is 0.159. The molecule has 0 saturated carbocycles. The number of aliphatic hydroxyl groups excluding tert-OH is 1. The number of nitrogens with zero attached hydrogens (tertiary/aromatic N) is 2. The van der Waals surface area contributed by atoms with Gasteiger partial charge in [0, 0.05) is 17.7 Å². The van der Waals surface area contributed by atoms with Crippen LogP contribution >= 0.6 is 0 Å². The lowest BCUT2D eigenvalue weighted by Gasteiger charge is -2.28. The number of benzene rings is 1. The van der Waals surface area contributed by atoms with Crippen LogP contribution in [-0.2, 0) is 17.8 Å². The maximum Gasteiger partial charge on any atom is 0.254 e. The highest BCUT2D eigenvalue weighted by atomic mass is 16.3. The molecule has 1 aromatic heterocycles. The van der Waals surface area contributed by atoms with Crippen LogP contribution in [0.15, 0.2) is 35.1 Å². The topological polar surface area (TPSA) is 86.3 Å². The van der Waals surface area contributed by atoms with Gasteiger partial charge < -0.3 is 15.0 Å². The van der Waals surface area contributed by atoms with E-state index in [-0.39, 0.29) is 18.0 Å². The molecule has 1 aliphatic rings. The summed E-state index contributed by atoms with van der Waals surface area (Å²) < 4.78 is 0. The van der Waals surface area contributed by atoms with Crippen LogP contribution in [0.3, 0.4) is 0 Å². The van der Waals surface area contributed by atoms with Crippen molar-refractivity contribution in [3.63, 3.8) is 0 Å². The van der Waals surface area contributed by atoms with E-state index in [4.69, 9.17) is 0 Å². The summed E-state index contributed by atoms with van der Waals surface area (Å²) in [5.74, 6) is 0.157. The highest BCUT2D eigenvalue weighted by Gasteiger charge is 2.26. The van der Waals surface area contributed by atoms with Gasteiger partial charge in [0.1, 0.15) is 11.9 Å². The van der Waals surface area contributed by atoms with Gasteiger partial charge in [-0.15, -0.1) is 0 Å². The summed E-state index contributed by atoms with van der Waals surface area (Å²) in [6, 6.07) is 9.37. The largest absolute Gasteiger partial charge is 0.384 e. The number of amides is 1. The third-order valence-corrected chi connectivity index (χ3v) is 3.79. The molecular weight excluding hydrogens is 282 g/mol. The summed E-state index contributed by atoms with van der Waals surface area (Å²) in [4.78, 5) is 33.0. The molecule has 0 bridgehead atoms. The van der Waals surface area contributed by atoms with Crippen LogP contribution in [0.5, 0.6) is 0 Å². The van der Waals surface area contributed by atoms with E-state index in [1.807, 2.05) is 30.3 Å². The summed E-state index contributed by atoms with van der Waals surface area (Å²) in [6.07, 6.45) is -0.595. The molecule has 2 aromatic rings. The first-order valence-corrected chi connectivity index (χ1v) is 7.20. The van der Waals surface area contributed by atoms with Crippen molar-refractivity contribution in [2.75, 3.05) is 6.54 Å². The monoisotopic (exact) mass is 299 g/mol. The van der Waals surface area contributed by atoms with E-state index < -0.39 is 6.10 Å². The van der Waals surface area contributed by atoms with E-state index in [1.165, 1.54) is 11.8 Å². The molecule has 6 nitrogen and oxygen atoms in total. The van der Waals surface area contributed by atoms with Gasteiger partial charge in [0.25, 0.3) is 11.5 Å². The highest BCUT2D eigenvalue weighted by molar-refractivity contribution is 5.80. The van der Waals surface area contributed by atoms with E-state index in [2.05, 4.69) is 9.97 Å². The van der Waals surface area contributed by atoms with Gasteiger partial charge in [0.2, 0.25) is 0 Å². The second-order valence-electron chi connectivity index (χ2n) is 5.39. The van der Waals surface area contributed by atoms with Crippen LogP contribution in [0, 0.1) is 0 Å². The van der Waals surface area contributed by atoms with Crippen LogP contribution in [0.4, 0.5) is 0 Å². The van der Waals surface area contributed by atoms with Crippen molar-refractivity contribution in [2.45, 2.75) is 26.0 Å². The van der Waals surface area contributed by atoms with E-state index in [1.54, 1.807) is 0 Å². The third kappa shape index (κ3) is 2.65. The predicted molar refractivity (Wildman–Crippen MR) is 81.1 cm³/mol. The van der Waals surface area contributed by atoms with E-state index in [0.717, 1.165) is 5.56 Å². The van der Waals surface area contributed by atoms with Crippen LogP contribution in [0.2, 0.25) is 0 Å². The molecule has 3 rings (SSSR count). The third-order valence-electron chi connectivity index (χ3n) is 3.79. The molecule has 2 heterocycles. The number of H-pyrrole nitrogens is 1. The van der Waals surface area contributed by atoms with Crippen molar-refractivity contribution in [1.29, 1.82) is 0 Å². The summed E-state index contributed by atoms with van der Waals surface area (Å²) in [7, 11) is 0. The first kappa shape index (κ1) is 14.5. The Balaban J connectivity index is 1.98. The van der Waals surface area contributed by atoms with Crippen LogP contribution < -0.4 is 5.56 Å². The molecule has 1 amide bonds. The second kappa shape index (κ2) is 5.73. The lowest BCUT2D eigenvalue weighted by atomic mass is 10.1. The van der Waals surface area contributed by atoms with Crippen molar-refractivity contribution < 1.29 is 9.90 Å². The molecule has 0 spiro atoms. The molecule has 22 heavy (non-hydrogen) atoms. The Kier molecular flexibility index (Phi) is 3.77. The molecule has 0 fully saturated rings. The predicted octanol–water partition coefficient (Wildman–Crippen LogP) is 0.702. The minimum Gasteiger partial charge on any atom is -0.384 e. The smallest absolute Gasteiger partial charge is 0.254 e. The van der Waals surface area contributed by atoms with Gasteiger partial charge in [-0.3, -0.25) is 9.59 Å². The number of aliphatic hydroxyl groups is 1. The van der Waals surface area contributed by atoms with Gasteiger partial charge in [0.05, 0.1) is 12.2 Å². The number of rotatable bonds is 2. The van der Waals surface area contributed by atoms with Crippen LogP contribution in [0.25, 0.3) is 11.4 Å². The number of fused-ring (bicyclic) bond motifs is 1. The fraction of sp³-hybridized carbons (Fsp3) is 0.312. The van der Waals surface area contributed by atoms with Crippen molar-refractivity contribution in [3.05, 3.63) is 51.9 Å². The van der Waals surface area contributed by atoms with Crippen molar-refractivity contribution in [1.82, 2.24) is 14.9 Å². The number of nitrogens with one attached hydrogen (secondary N) is 1. The van der Waals surface area contributed by atoms with Crippen LogP contribution in [-0.4, -0.2) is 38.5 Å². The molecule has 2 N–H and O–H groups in total. The quantitative estimate of drug-likeness (QED) is 0.855. The molecule has 1 aromatic carbocycles. The maximum absolute atomic E-state index is 12.2. The normalized spacial score (nSPS) is 15.3. The van der Waals surface area contributed by atoms with Crippen LogP contribution in [0.1, 0.15) is 18.2 Å². The Labute approximate surface area is 127 Å². The van der Waals surface area contributed by atoms with Crippen molar-refractivity contribution >= 4 is 5.91 Å². The zero-order valence-electron chi connectivity index (χ0n) is 12.2. The second-order valence-corrected chi connectivity index (χ2v) is 5.39. The van der Waals surface area contributed by atoms with E-state index >= 15 is 0 Å². The summed E-state index contributed by atoms with van der Waals surface area (Å²) >= 11 is 0. The Morgan fingerprint density at radius 1 is 1.36 bits per heavy atom. The summed E-state index contributed by atoms with van der Waals surface area (Å²) in [5, 5.41) is 9.43. The average molecular weight is 299 g/mol. The van der Waals surface area contributed by atoms with Gasteiger partial charge in [-0.1, -0.05) is 30.3 Å². The average Bonchev–Trinajstić information content (AvgIpc) is 2.54. The molecule has 6 heteroatoms. The number of aromatic amines is 1. The zero-order chi connectivity index (χ0) is 15.7. The fourth-order valence-electron chi connectivity index (χ4n) is 2.62. The lowest BCUT2D eigenvalue weighted by Crippen LogP contribution is -2.43. The Hall–Kier alpha value is -2.47. The number of carbonyl (C=O) groups is 1. The molecule has 0 saturated heterocycles. The SMILES string of the molecule is C[C@@H](O)C(=O)N1CCc2c(nc(-c3ccccc3)[nH]c2=O)C1. The zero-order valence-corrected chi connectivity index (χ0v) is 12.2. The van der Waals surface area contributed by atoms with Crippen molar-refractivity contribution in [3.8, 4) is 11.4 Å². The molecule has 0 aliphatic carbocycles. The Bertz CT molecular complexity index is 753. The van der Waals surface area contributed by atoms with E-state index in [0.29, 0.717) is 30.0 Å². The molecule has 1 atom stereocenters. The number of carbonyl (C=O) groups excluding carboxylic acids is 1. The van der Waals surface area contributed by atoms with Gasteiger partial charge in [-0.05, 0) is 13.3 Å². The van der Waals surface area contributed by atoms with E-state index in [9.17, 15) is 14.7 Å². The van der Waals surface area contributed by atoms with Gasteiger partial charge >= 0.3 is 0 Å². The molecule has 0 unspecified atom stereocenters. The lowest BCUT2D eigenvalue weighted by molar-refractivity contribution is -0.140. The summed E-state index contributed by atoms with van der Waals surface area (Å²) in [6.45, 7) is 2.12. The standard InChI is InChI=1S/C16H17N3O3/c1-10(20)16(22)19-8-7-12-13(9-19)17-14(18-15(12)21)11-5-3-2-4-6-11/h2-6,10,20H,7-9H2,1H3,(H,17,18,21)/t10-/m1/s1. The Morgan fingerprint density at radius 2 is 2.09 bits per heavy atom. The highest BCUT2D eigenvalue weighted by Crippen LogP contribution is 2.19. The molecule has 0 radical (unpaired) electrons. The van der Waals surface area contributed by atoms with Gasteiger partial charge in [0.15, 0.2) is 0 Å².